The average molecular weight is 199 g/mol. The smallest absolute Gasteiger partial charge is 0.249 e. The van der Waals surface area contributed by atoms with Crippen LogP contribution in [0.15, 0.2) is 0 Å². The van der Waals surface area contributed by atoms with Crippen molar-refractivity contribution in [2.75, 3.05) is 6.54 Å². The molecule has 1 aliphatic heterocycles. The largest absolute Gasteiger partial charge is 0.344 e. The van der Waals surface area contributed by atoms with Crippen molar-refractivity contribution in [3.8, 4) is 0 Å². The maximum absolute atomic E-state index is 11.2. The van der Waals surface area contributed by atoms with E-state index < -0.39 is 11.9 Å². The molecule has 1 saturated heterocycles. The first kappa shape index (κ1) is 10.6. The van der Waals surface area contributed by atoms with Gasteiger partial charge in [-0.15, -0.1) is 0 Å². The van der Waals surface area contributed by atoms with Crippen molar-refractivity contribution in [2.45, 2.75) is 25.3 Å². The zero-order valence-electron chi connectivity index (χ0n) is 7.71. The maximum Gasteiger partial charge on any atom is 0.249 e. The summed E-state index contributed by atoms with van der Waals surface area (Å²) in [5.41, 5.74) is 5.22. The molecule has 0 saturated carbocycles. The van der Waals surface area contributed by atoms with Crippen LogP contribution >= 0.6 is 0 Å². The molecule has 0 spiro atoms. The van der Waals surface area contributed by atoms with Crippen LogP contribution in [0.2, 0.25) is 0 Å². The number of carbonyl (C=O) groups excluding carboxylic acids is 3. The number of amides is 3. The Hall–Kier alpha value is -1.43. The molecule has 1 heterocycles. The molecular weight excluding hydrogens is 186 g/mol. The van der Waals surface area contributed by atoms with E-state index in [1.165, 1.54) is 0 Å². The van der Waals surface area contributed by atoms with E-state index in [4.69, 9.17) is 5.73 Å². The third-order valence-electron chi connectivity index (χ3n) is 1.91. The predicted octanol–water partition coefficient (Wildman–Crippen LogP) is -1.74. The normalized spacial score (nSPS) is 20.8. The van der Waals surface area contributed by atoms with Gasteiger partial charge in [-0.2, -0.15) is 0 Å². The summed E-state index contributed by atoms with van der Waals surface area (Å²) in [6, 6.07) is -0.701. The van der Waals surface area contributed by atoms with Crippen molar-refractivity contribution in [2.24, 2.45) is 5.73 Å². The van der Waals surface area contributed by atoms with Crippen LogP contribution in [0.25, 0.3) is 0 Å². The number of carbonyl (C=O) groups is 3. The molecule has 6 heteroatoms. The summed E-state index contributed by atoms with van der Waals surface area (Å²) >= 11 is 0. The topological polar surface area (TPSA) is 101 Å². The average Bonchev–Trinajstić information content (AvgIpc) is 2.42. The second-order valence-corrected chi connectivity index (χ2v) is 3.13. The molecule has 14 heavy (non-hydrogen) atoms. The zero-order chi connectivity index (χ0) is 10.6. The van der Waals surface area contributed by atoms with E-state index in [9.17, 15) is 14.4 Å². The van der Waals surface area contributed by atoms with Crippen LogP contribution in [0, 0.1) is 0 Å². The van der Waals surface area contributed by atoms with Crippen molar-refractivity contribution in [1.29, 1.82) is 0 Å². The minimum atomic E-state index is -0.701. The van der Waals surface area contributed by atoms with Crippen LogP contribution in [0.3, 0.4) is 0 Å². The van der Waals surface area contributed by atoms with Crippen molar-refractivity contribution in [3.63, 3.8) is 0 Å². The van der Waals surface area contributed by atoms with E-state index in [0.717, 1.165) is 0 Å². The molecule has 1 fully saturated rings. The van der Waals surface area contributed by atoms with Crippen molar-refractivity contribution < 1.29 is 14.4 Å². The molecule has 3 amide bonds. The molecule has 4 N–H and O–H groups in total. The van der Waals surface area contributed by atoms with E-state index >= 15 is 0 Å². The van der Waals surface area contributed by atoms with Gasteiger partial charge in [-0.05, 0) is 13.0 Å². The second-order valence-electron chi connectivity index (χ2n) is 3.13. The number of hydrogen-bond donors (Lipinski definition) is 3. The summed E-state index contributed by atoms with van der Waals surface area (Å²) in [6.45, 7) is 0.434. The van der Waals surface area contributed by atoms with Crippen LogP contribution in [-0.2, 0) is 14.4 Å². The van der Waals surface area contributed by atoms with E-state index in [2.05, 4.69) is 10.6 Å². The molecule has 0 aromatic heterocycles. The minimum absolute atomic E-state index is 0.0349. The second kappa shape index (κ2) is 4.71. The first-order chi connectivity index (χ1) is 6.63. The van der Waals surface area contributed by atoms with Crippen LogP contribution in [0.1, 0.15) is 19.3 Å². The Kier molecular flexibility index (Phi) is 3.58. The monoisotopic (exact) mass is 199 g/mol. The van der Waals surface area contributed by atoms with Crippen molar-refractivity contribution in [1.82, 2.24) is 10.6 Å². The number of rotatable bonds is 4. The Morgan fingerprint density at radius 3 is 2.79 bits per heavy atom. The number of imide groups is 1. The van der Waals surface area contributed by atoms with Gasteiger partial charge in [0.05, 0.1) is 6.42 Å². The summed E-state index contributed by atoms with van der Waals surface area (Å²) in [7, 11) is 0. The molecule has 1 aliphatic rings. The summed E-state index contributed by atoms with van der Waals surface area (Å²) in [4.78, 5) is 32.9. The molecule has 78 valence electrons. The highest BCUT2D eigenvalue weighted by molar-refractivity contribution is 6.06. The molecular formula is C8H13N3O3. The Morgan fingerprint density at radius 2 is 2.29 bits per heavy atom. The highest BCUT2D eigenvalue weighted by Gasteiger charge is 2.31. The van der Waals surface area contributed by atoms with Crippen LogP contribution in [0.5, 0.6) is 0 Å². The molecule has 0 bridgehead atoms. The van der Waals surface area contributed by atoms with E-state index in [1.54, 1.807) is 0 Å². The fraction of sp³-hybridized carbons (Fsp3) is 0.625. The van der Waals surface area contributed by atoms with Gasteiger partial charge in [0.25, 0.3) is 0 Å². The lowest BCUT2D eigenvalue weighted by Crippen LogP contribution is -2.40. The zero-order valence-corrected chi connectivity index (χ0v) is 7.71. The lowest BCUT2D eigenvalue weighted by molar-refractivity contribution is -0.128. The molecule has 1 unspecified atom stereocenters. The molecule has 0 radical (unpaired) electrons. The Labute approximate surface area is 81.2 Å². The minimum Gasteiger partial charge on any atom is -0.344 e. The summed E-state index contributed by atoms with van der Waals surface area (Å²) in [5, 5.41) is 4.58. The standard InChI is InChI=1S/C8H13N3O3/c9-3-1-2-6(12)10-5-4-7(13)11-8(5)14/h5H,1-4,9H2,(H,10,12)(H,11,13,14). The molecule has 1 rings (SSSR count). The Balaban J connectivity index is 2.33. The van der Waals surface area contributed by atoms with Gasteiger partial charge in [-0.3, -0.25) is 19.7 Å². The van der Waals surface area contributed by atoms with Gasteiger partial charge >= 0.3 is 0 Å². The lowest BCUT2D eigenvalue weighted by atomic mass is 10.2. The van der Waals surface area contributed by atoms with Crippen molar-refractivity contribution >= 4 is 17.7 Å². The number of nitrogens with one attached hydrogen (secondary N) is 2. The summed E-state index contributed by atoms with van der Waals surface area (Å²) in [6.07, 6.45) is 0.899. The number of hydrogen-bond acceptors (Lipinski definition) is 4. The quantitative estimate of drug-likeness (QED) is 0.467. The third-order valence-corrected chi connectivity index (χ3v) is 1.91. The van der Waals surface area contributed by atoms with Gasteiger partial charge in [0, 0.05) is 6.42 Å². The Bertz CT molecular complexity index is 265. The highest BCUT2D eigenvalue weighted by atomic mass is 16.2. The molecule has 0 aliphatic carbocycles. The van der Waals surface area contributed by atoms with E-state index in [-0.39, 0.29) is 24.7 Å². The fourth-order valence-corrected chi connectivity index (χ4v) is 1.20. The number of nitrogens with two attached hydrogens (primary N) is 1. The molecule has 6 nitrogen and oxygen atoms in total. The summed E-state index contributed by atoms with van der Waals surface area (Å²) < 4.78 is 0. The maximum atomic E-state index is 11.2. The van der Waals surface area contributed by atoms with Crippen molar-refractivity contribution in [3.05, 3.63) is 0 Å². The van der Waals surface area contributed by atoms with E-state index in [0.29, 0.717) is 13.0 Å². The Morgan fingerprint density at radius 1 is 1.57 bits per heavy atom. The van der Waals surface area contributed by atoms with Gasteiger partial charge in [-0.1, -0.05) is 0 Å². The van der Waals surface area contributed by atoms with Crippen LogP contribution < -0.4 is 16.4 Å². The summed E-state index contributed by atoms with van der Waals surface area (Å²) in [5.74, 6) is -1.03. The van der Waals surface area contributed by atoms with Gasteiger partial charge < -0.3 is 11.1 Å². The molecule has 1 atom stereocenters. The third kappa shape index (κ3) is 2.81. The molecule has 0 aromatic carbocycles. The highest BCUT2D eigenvalue weighted by Crippen LogP contribution is 2.01. The SMILES string of the molecule is NCCCC(=O)NC1CC(=O)NC1=O. The van der Waals surface area contributed by atoms with Gasteiger partial charge in [0.15, 0.2) is 0 Å². The van der Waals surface area contributed by atoms with Gasteiger partial charge in [0.2, 0.25) is 17.7 Å². The predicted molar refractivity (Wildman–Crippen MR) is 48.0 cm³/mol. The van der Waals surface area contributed by atoms with Gasteiger partial charge in [-0.25, -0.2) is 0 Å². The van der Waals surface area contributed by atoms with Crippen LogP contribution in [0.4, 0.5) is 0 Å². The first-order valence-corrected chi connectivity index (χ1v) is 4.46. The fourth-order valence-electron chi connectivity index (χ4n) is 1.20. The molecule has 0 aromatic rings. The van der Waals surface area contributed by atoms with Crippen LogP contribution in [-0.4, -0.2) is 30.3 Å². The first-order valence-electron chi connectivity index (χ1n) is 4.46. The van der Waals surface area contributed by atoms with Gasteiger partial charge in [0.1, 0.15) is 6.04 Å². The van der Waals surface area contributed by atoms with E-state index in [1.807, 2.05) is 0 Å². The lowest BCUT2D eigenvalue weighted by Gasteiger charge is -2.08.